The Bertz CT molecular complexity index is 813. The largest absolute Gasteiger partial charge is 0.493 e. The Hall–Kier alpha value is -3.09. The quantitative estimate of drug-likeness (QED) is 0.866. The second kappa shape index (κ2) is 8.29. The van der Waals surface area contributed by atoms with Crippen molar-refractivity contribution in [2.45, 2.75) is 12.8 Å². The van der Waals surface area contributed by atoms with Gasteiger partial charge in [0.05, 0.1) is 18.5 Å². The molecule has 4 rings (SSSR count). The first-order valence-electron chi connectivity index (χ1n) is 9.67. The number of nitrogens with one attached hydrogen (secondary N) is 1. The lowest BCUT2D eigenvalue weighted by Crippen LogP contribution is -2.51. The summed E-state index contributed by atoms with van der Waals surface area (Å²) in [7, 11) is 0. The Morgan fingerprint density at radius 1 is 1.04 bits per heavy atom. The number of benzene rings is 1. The molecule has 0 atom stereocenters. The smallest absolute Gasteiger partial charge is 0.322 e. The van der Waals surface area contributed by atoms with Gasteiger partial charge in [-0.1, -0.05) is 0 Å². The third-order valence-electron chi connectivity index (χ3n) is 5.05. The van der Waals surface area contributed by atoms with Gasteiger partial charge >= 0.3 is 6.03 Å². The van der Waals surface area contributed by atoms with Crippen molar-refractivity contribution in [2.24, 2.45) is 5.92 Å². The van der Waals surface area contributed by atoms with Crippen LogP contribution in [0, 0.1) is 5.92 Å². The lowest BCUT2D eigenvalue weighted by atomic mass is 10.1. The number of carbonyl (C=O) groups is 2. The number of aromatic nitrogens is 1. The van der Waals surface area contributed by atoms with Gasteiger partial charge in [0.25, 0.3) is 5.91 Å². The average molecular weight is 380 g/mol. The number of carbonyl (C=O) groups excluding carboxylic acids is 2. The summed E-state index contributed by atoms with van der Waals surface area (Å²) in [5, 5.41) is 2.82. The summed E-state index contributed by atoms with van der Waals surface area (Å²) in [6.07, 6.45) is 5.77. The Labute approximate surface area is 164 Å². The zero-order valence-electron chi connectivity index (χ0n) is 15.7. The van der Waals surface area contributed by atoms with Gasteiger partial charge in [-0.05, 0) is 55.2 Å². The van der Waals surface area contributed by atoms with E-state index in [2.05, 4.69) is 10.3 Å². The van der Waals surface area contributed by atoms with Crippen molar-refractivity contribution in [1.82, 2.24) is 14.8 Å². The van der Waals surface area contributed by atoms with Crippen LogP contribution in [0.4, 0.5) is 10.5 Å². The Morgan fingerprint density at radius 3 is 2.39 bits per heavy atom. The first kappa shape index (κ1) is 18.3. The molecule has 3 amide bonds. The number of hydrogen-bond acceptors (Lipinski definition) is 4. The fourth-order valence-electron chi connectivity index (χ4n) is 3.13. The summed E-state index contributed by atoms with van der Waals surface area (Å²) in [6.45, 7) is 2.79. The number of urea groups is 1. The molecule has 1 aliphatic carbocycles. The van der Waals surface area contributed by atoms with Crippen LogP contribution >= 0.6 is 0 Å². The molecule has 7 nitrogen and oxygen atoms in total. The second-order valence-electron chi connectivity index (χ2n) is 7.23. The summed E-state index contributed by atoms with van der Waals surface area (Å²) < 4.78 is 5.72. The summed E-state index contributed by atoms with van der Waals surface area (Å²) in [5.74, 6) is 1.49. The molecular formula is C21H24N4O3. The zero-order valence-corrected chi connectivity index (χ0v) is 15.7. The lowest BCUT2D eigenvalue weighted by Gasteiger charge is -2.34. The molecule has 1 aromatic heterocycles. The van der Waals surface area contributed by atoms with Crippen LogP contribution in [-0.4, -0.2) is 59.5 Å². The Balaban J connectivity index is 1.26. The summed E-state index contributed by atoms with van der Waals surface area (Å²) in [5.41, 5.74) is 1.31. The van der Waals surface area contributed by atoms with Crippen molar-refractivity contribution in [2.75, 3.05) is 38.1 Å². The molecule has 2 aliphatic rings. The summed E-state index contributed by atoms with van der Waals surface area (Å²) in [6, 6.07) is 10.7. The topological polar surface area (TPSA) is 74.8 Å². The lowest BCUT2D eigenvalue weighted by molar-refractivity contribution is 0.0671. The van der Waals surface area contributed by atoms with Crippen molar-refractivity contribution < 1.29 is 14.3 Å². The predicted molar refractivity (Wildman–Crippen MR) is 105 cm³/mol. The van der Waals surface area contributed by atoms with Crippen molar-refractivity contribution in [3.63, 3.8) is 0 Å². The SMILES string of the molecule is O=C(Nc1cccnc1)N1CCN(C(=O)c2ccc(OCC3CC3)cc2)CC1. The van der Waals surface area contributed by atoms with Gasteiger partial charge in [-0.15, -0.1) is 0 Å². The number of piperazine rings is 1. The van der Waals surface area contributed by atoms with Crippen LogP contribution in [0.2, 0.25) is 0 Å². The van der Waals surface area contributed by atoms with Gasteiger partial charge in [-0.25, -0.2) is 4.79 Å². The van der Waals surface area contributed by atoms with E-state index in [1.165, 1.54) is 12.8 Å². The van der Waals surface area contributed by atoms with Crippen LogP contribution in [0.15, 0.2) is 48.8 Å². The standard InChI is InChI=1S/C21H24N4O3/c26-20(17-5-7-19(8-6-17)28-15-16-3-4-16)24-10-12-25(13-11-24)21(27)23-18-2-1-9-22-14-18/h1-2,5-9,14,16H,3-4,10-13,15H2,(H,23,27). The highest BCUT2D eigenvalue weighted by molar-refractivity contribution is 5.94. The minimum Gasteiger partial charge on any atom is -0.493 e. The van der Waals surface area contributed by atoms with Crippen molar-refractivity contribution in [3.05, 3.63) is 54.4 Å². The molecule has 1 N–H and O–H groups in total. The molecule has 2 fully saturated rings. The highest BCUT2D eigenvalue weighted by Gasteiger charge is 2.25. The first-order chi connectivity index (χ1) is 13.7. The maximum atomic E-state index is 12.7. The Kier molecular flexibility index (Phi) is 5.41. The van der Waals surface area contributed by atoms with Crippen LogP contribution < -0.4 is 10.1 Å². The molecule has 146 valence electrons. The van der Waals surface area contributed by atoms with E-state index >= 15 is 0 Å². The first-order valence-corrected chi connectivity index (χ1v) is 9.67. The number of nitrogens with zero attached hydrogens (tertiary/aromatic N) is 3. The van der Waals surface area contributed by atoms with E-state index < -0.39 is 0 Å². The van der Waals surface area contributed by atoms with Crippen LogP contribution in [0.5, 0.6) is 5.75 Å². The summed E-state index contributed by atoms with van der Waals surface area (Å²) >= 11 is 0. The monoisotopic (exact) mass is 380 g/mol. The highest BCUT2D eigenvalue weighted by atomic mass is 16.5. The molecule has 2 aromatic rings. The molecule has 0 unspecified atom stereocenters. The zero-order chi connectivity index (χ0) is 19.3. The van der Waals surface area contributed by atoms with E-state index in [0.717, 1.165) is 12.4 Å². The molecule has 7 heteroatoms. The van der Waals surface area contributed by atoms with E-state index in [1.54, 1.807) is 34.3 Å². The molecule has 0 spiro atoms. The number of hydrogen-bond donors (Lipinski definition) is 1. The normalized spacial score (nSPS) is 16.6. The number of amides is 3. The van der Waals surface area contributed by atoms with Gasteiger partial charge in [0, 0.05) is 37.9 Å². The molecule has 1 saturated heterocycles. The molecular weight excluding hydrogens is 356 g/mol. The van der Waals surface area contributed by atoms with E-state index in [1.807, 2.05) is 24.3 Å². The van der Waals surface area contributed by atoms with E-state index in [9.17, 15) is 9.59 Å². The van der Waals surface area contributed by atoms with Crippen molar-refractivity contribution in [3.8, 4) is 5.75 Å². The predicted octanol–water partition coefficient (Wildman–Crippen LogP) is 2.86. The molecule has 1 saturated carbocycles. The van der Waals surface area contributed by atoms with Gasteiger partial charge in [-0.3, -0.25) is 9.78 Å². The number of rotatable bonds is 5. The van der Waals surface area contributed by atoms with Gasteiger partial charge in [0.1, 0.15) is 5.75 Å². The van der Waals surface area contributed by atoms with Gasteiger partial charge in [0.15, 0.2) is 0 Å². The minimum absolute atomic E-state index is 0.0129. The second-order valence-corrected chi connectivity index (χ2v) is 7.23. The van der Waals surface area contributed by atoms with Crippen molar-refractivity contribution >= 4 is 17.6 Å². The third-order valence-corrected chi connectivity index (χ3v) is 5.05. The van der Waals surface area contributed by atoms with Crippen LogP contribution in [0.3, 0.4) is 0 Å². The van der Waals surface area contributed by atoms with Gasteiger partial charge in [-0.2, -0.15) is 0 Å². The van der Waals surface area contributed by atoms with E-state index in [-0.39, 0.29) is 11.9 Å². The third kappa shape index (κ3) is 4.60. The molecule has 28 heavy (non-hydrogen) atoms. The van der Waals surface area contributed by atoms with Gasteiger partial charge < -0.3 is 19.9 Å². The maximum absolute atomic E-state index is 12.7. The minimum atomic E-state index is -0.169. The van der Waals surface area contributed by atoms with Crippen molar-refractivity contribution in [1.29, 1.82) is 0 Å². The number of anilines is 1. The maximum Gasteiger partial charge on any atom is 0.322 e. The van der Waals surface area contributed by atoms with E-state index in [4.69, 9.17) is 4.74 Å². The van der Waals surface area contributed by atoms with E-state index in [0.29, 0.717) is 43.3 Å². The van der Waals surface area contributed by atoms with Gasteiger partial charge in [0.2, 0.25) is 0 Å². The highest BCUT2D eigenvalue weighted by Crippen LogP contribution is 2.29. The number of pyridine rings is 1. The molecule has 0 bridgehead atoms. The van der Waals surface area contributed by atoms with Crippen LogP contribution in [-0.2, 0) is 0 Å². The van der Waals surface area contributed by atoms with Crippen LogP contribution in [0.1, 0.15) is 23.2 Å². The fourth-order valence-corrected chi connectivity index (χ4v) is 3.13. The molecule has 1 aromatic carbocycles. The molecule has 2 heterocycles. The number of ether oxygens (including phenoxy) is 1. The fraction of sp³-hybridized carbons (Fsp3) is 0.381. The average Bonchev–Trinajstić information content (AvgIpc) is 3.57. The summed E-state index contributed by atoms with van der Waals surface area (Å²) in [4.78, 5) is 32.5. The molecule has 0 radical (unpaired) electrons. The van der Waals surface area contributed by atoms with Crippen LogP contribution in [0.25, 0.3) is 0 Å². The molecule has 1 aliphatic heterocycles. The Morgan fingerprint density at radius 2 is 1.75 bits per heavy atom.